The highest BCUT2D eigenvalue weighted by Gasteiger charge is 2.05. The van der Waals surface area contributed by atoms with Gasteiger partial charge in [0.25, 0.3) is 0 Å². The van der Waals surface area contributed by atoms with Crippen LogP contribution in [0.4, 0.5) is 0 Å². The van der Waals surface area contributed by atoms with Crippen LogP contribution in [0.3, 0.4) is 0 Å². The summed E-state index contributed by atoms with van der Waals surface area (Å²) in [4.78, 5) is 18.5. The first-order valence-electron chi connectivity index (χ1n) is 6.15. The van der Waals surface area contributed by atoms with Crippen molar-refractivity contribution in [1.29, 1.82) is 0 Å². The third-order valence-corrected chi connectivity index (χ3v) is 3.18. The Bertz CT molecular complexity index is 797. The van der Waals surface area contributed by atoms with Crippen LogP contribution in [0, 0.1) is 0 Å². The van der Waals surface area contributed by atoms with E-state index in [1.54, 1.807) is 12.1 Å². The molecule has 1 heterocycles. The van der Waals surface area contributed by atoms with Crippen LogP contribution in [0.15, 0.2) is 65.5 Å². The summed E-state index contributed by atoms with van der Waals surface area (Å²) < 4.78 is 0. The third kappa shape index (κ3) is 2.63. The molecule has 0 aliphatic rings. The second-order valence-corrected chi connectivity index (χ2v) is 4.80. The minimum Gasteiger partial charge on any atom is -0.305 e. The van der Waals surface area contributed by atoms with Crippen molar-refractivity contribution in [2.75, 3.05) is 0 Å². The highest BCUT2D eigenvalue weighted by Crippen LogP contribution is 2.23. The number of hydrogen-bond donors (Lipinski definition) is 1. The van der Waals surface area contributed by atoms with E-state index in [0.717, 1.165) is 16.8 Å². The fourth-order valence-corrected chi connectivity index (χ4v) is 2.22. The van der Waals surface area contributed by atoms with Crippen LogP contribution < -0.4 is 5.69 Å². The van der Waals surface area contributed by atoms with Gasteiger partial charge in [0.2, 0.25) is 0 Å². The molecule has 4 heteroatoms. The molecule has 0 atom stereocenters. The van der Waals surface area contributed by atoms with Gasteiger partial charge in [0.15, 0.2) is 0 Å². The molecule has 3 rings (SSSR count). The topological polar surface area (TPSA) is 45.8 Å². The van der Waals surface area contributed by atoms with Gasteiger partial charge in [-0.25, -0.2) is 4.79 Å². The summed E-state index contributed by atoms with van der Waals surface area (Å²) in [5, 5.41) is 0.617. The van der Waals surface area contributed by atoms with Gasteiger partial charge < -0.3 is 4.98 Å². The minimum absolute atomic E-state index is 0.374. The Hall–Kier alpha value is -2.39. The van der Waals surface area contributed by atoms with Gasteiger partial charge in [-0.2, -0.15) is 4.98 Å². The number of hydrogen-bond acceptors (Lipinski definition) is 2. The summed E-state index contributed by atoms with van der Waals surface area (Å²) >= 11 is 5.98. The number of aromatic nitrogens is 2. The van der Waals surface area contributed by atoms with Crippen LogP contribution in [0.5, 0.6) is 0 Å². The summed E-state index contributed by atoms with van der Waals surface area (Å²) in [7, 11) is 0. The zero-order valence-electron chi connectivity index (χ0n) is 10.5. The fourth-order valence-electron chi connectivity index (χ4n) is 2.03. The zero-order valence-corrected chi connectivity index (χ0v) is 11.3. The molecule has 0 radical (unpaired) electrons. The van der Waals surface area contributed by atoms with Gasteiger partial charge in [0, 0.05) is 10.6 Å². The van der Waals surface area contributed by atoms with Gasteiger partial charge in [0.05, 0.1) is 11.4 Å². The van der Waals surface area contributed by atoms with Gasteiger partial charge in [0.1, 0.15) is 0 Å². The van der Waals surface area contributed by atoms with Gasteiger partial charge in [-0.15, -0.1) is 0 Å². The summed E-state index contributed by atoms with van der Waals surface area (Å²) in [6.07, 6.45) is 0. The van der Waals surface area contributed by atoms with Crippen molar-refractivity contribution in [2.24, 2.45) is 0 Å². The number of aromatic amines is 1. The Morgan fingerprint density at radius 1 is 0.900 bits per heavy atom. The lowest BCUT2D eigenvalue weighted by Crippen LogP contribution is -2.11. The lowest BCUT2D eigenvalue weighted by atomic mass is 10.1. The van der Waals surface area contributed by atoms with E-state index in [1.165, 1.54) is 0 Å². The van der Waals surface area contributed by atoms with Crippen molar-refractivity contribution in [3.63, 3.8) is 0 Å². The number of rotatable bonds is 2. The molecule has 0 bridgehead atoms. The van der Waals surface area contributed by atoms with E-state index < -0.39 is 0 Å². The molecule has 0 saturated carbocycles. The van der Waals surface area contributed by atoms with Gasteiger partial charge >= 0.3 is 5.69 Å². The number of nitrogens with zero attached hydrogens (tertiary/aromatic N) is 1. The second-order valence-electron chi connectivity index (χ2n) is 4.36. The summed E-state index contributed by atoms with van der Waals surface area (Å²) in [6, 6.07) is 18.8. The molecule has 1 N–H and O–H groups in total. The molecular weight excluding hydrogens is 272 g/mol. The van der Waals surface area contributed by atoms with E-state index in [9.17, 15) is 4.79 Å². The lowest BCUT2D eigenvalue weighted by Gasteiger charge is -2.05. The maximum atomic E-state index is 11.7. The monoisotopic (exact) mass is 282 g/mol. The Labute approximate surface area is 120 Å². The van der Waals surface area contributed by atoms with Crippen LogP contribution in [0.2, 0.25) is 5.02 Å². The molecule has 3 aromatic rings. The lowest BCUT2D eigenvalue weighted by molar-refractivity contribution is 1.09. The molecule has 0 amide bonds. The first kappa shape index (κ1) is 12.6. The molecule has 0 fully saturated rings. The van der Waals surface area contributed by atoms with E-state index in [0.29, 0.717) is 10.7 Å². The minimum atomic E-state index is -0.374. The van der Waals surface area contributed by atoms with Crippen LogP contribution in [0.25, 0.3) is 22.5 Å². The molecule has 0 spiro atoms. The van der Waals surface area contributed by atoms with E-state index >= 15 is 0 Å². The van der Waals surface area contributed by atoms with Gasteiger partial charge in [-0.05, 0) is 23.8 Å². The largest absolute Gasteiger partial charge is 0.345 e. The zero-order chi connectivity index (χ0) is 13.9. The average molecular weight is 283 g/mol. The Morgan fingerprint density at radius 3 is 2.40 bits per heavy atom. The SMILES string of the molecule is O=c1nc(-c2cccc(Cl)c2)cc(-c2ccccc2)[nH]1. The number of halogens is 1. The van der Waals surface area contributed by atoms with Crippen LogP contribution in [-0.4, -0.2) is 9.97 Å². The first-order chi connectivity index (χ1) is 9.72. The highest BCUT2D eigenvalue weighted by atomic mass is 35.5. The summed E-state index contributed by atoms with van der Waals surface area (Å²) in [6.45, 7) is 0. The summed E-state index contributed by atoms with van der Waals surface area (Å²) in [5.41, 5.74) is 2.73. The third-order valence-electron chi connectivity index (χ3n) is 2.95. The van der Waals surface area contributed by atoms with Crippen molar-refractivity contribution >= 4 is 11.6 Å². The Morgan fingerprint density at radius 2 is 1.65 bits per heavy atom. The maximum Gasteiger partial charge on any atom is 0.345 e. The van der Waals surface area contributed by atoms with Crippen molar-refractivity contribution in [1.82, 2.24) is 9.97 Å². The van der Waals surface area contributed by atoms with Gasteiger partial charge in [-0.1, -0.05) is 54.1 Å². The van der Waals surface area contributed by atoms with E-state index in [2.05, 4.69) is 9.97 Å². The van der Waals surface area contributed by atoms with Gasteiger partial charge in [-0.3, -0.25) is 0 Å². The van der Waals surface area contributed by atoms with E-state index in [-0.39, 0.29) is 5.69 Å². The molecule has 0 aliphatic carbocycles. The van der Waals surface area contributed by atoms with Crippen molar-refractivity contribution in [3.8, 4) is 22.5 Å². The molecule has 1 aromatic heterocycles. The molecule has 0 saturated heterocycles. The predicted octanol–water partition coefficient (Wildman–Crippen LogP) is 3.76. The highest BCUT2D eigenvalue weighted by molar-refractivity contribution is 6.30. The first-order valence-corrected chi connectivity index (χ1v) is 6.53. The van der Waals surface area contributed by atoms with Crippen molar-refractivity contribution in [2.45, 2.75) is 0 Å². The fraction of sp³-hybridized carbons (Fsp3) is 0. The Kier molecular flexibility index (Phi) is 3.35. The standard InChI is InChI=1S/C16H11ClN2O/c17-13-8-4-7-12(9-13)15-10-14(18-16(20)19-15)11-5-2-1-3-6-11/h1-10H,(H,18,19,20). The van der Waals surface area contributed by atoms with Crippen LogP contribution in [-0.2, 0) is 0 Å². The molecule has 3 nitrogen and oxygen atoms in total. The molecule has 0 unspecified atom stereocenters. The quantitative estimate of drug-likeness (QED) is 0.778. The number of benzene rings is 2. The van der Waals surface area contributed by atoms with Crippen LogP contribution in [0.1, 0.15) is 0 Å². The van der Waals surface area contributed by atoms with Crippen molar-refractivity contribution in [3.05, 3.63) is 76.2 Å². The average Bonchev–Trinajstić information content (AvgIpc) is 2.47. The van der Waals surface area contributed by atoms with E-state index in [4.69, 9.17) is 11.6 Å². The molecule has 20 heavy (non-hydrogen) atoms. The molecule has 98 valence electrons. The van der Waals surface area contributed by atoms with Crippen molar-refractivity contribution < 1.29 is 0 Å². The normalized spacial score (nSPS) is 10.4. The molecule has 2 aromatic carbocycles. The Balaban J connectivity index is 2.15. The number of nitrogens with one attached hydrogen (secondary N) is 1. The maximum absolute atomic E-state index is 11.7. The van der Waals surface area contributed by atoms with Crippen LogP contribution >= 0.6 is 11.6 Å². The predicted molar refractivity (Wildman–Crippen MR) is 80.7 cm³/mol. The molecular formula is C16H11ClN2O. The molecule has 0 aliphatic heterocycles. The number of H-pyrrole nitrogens is 1. The van der Waals surface area contributed by atoms with E-state index in [1.807, 2.05) is 48.5 Å². The second kappa shape index (κ2) is 5.31. The summed E-state index contributed by atoms with van der Waals surface area (Å²) in [5.74, 6) is 0. The smallest absolute Gasteiger partial charge is 0.305 e.